The molecule has 0 aromatic heterocycles. The van der Waals surface area contributed by atoms with Crippen molar-refractivity contribution in [1.82, 2.24) is 4.31 Å². The molecule has 3 fully saturated rings. The average molecular weight is 315 g/mol. The lowest BCUT2D eigenvalue weighted by Gasteiger charge is -2.27. The van der Waals surface area contributed by atoms with Crippen LogP contribution in [-0.2, 0) is 10.0 Å². The first-order valence-corrected chi connectivity index (χ1v) is 10.3. The van der Waals surface area contributed by atoms with Crippen LogP contribution in [0.15, 0.2) is 0 Å². The highest BCUT2D eigenvalue weighted by atomic mass is 32.2. The molecule has 1 heterocycles. The molecule has 1 N–H and O–H groups in total. The van der Waals surface area contributed by atoms with E-state index in [0.717, 1.165) is 25.7 Å². The molecule has 0 aromatic rings. The fourth-order valence-electron chi connectivity index (χ4n) is 4.51. The van der Waals surface area contributed by atoms with Crippen molar-refractivity contribution < 1.29 is 13.5 Å². The molecular weight excluding hydrogens is 286 g/mol. The smallest absolute Gasteiger partial charge is 0.214 e. The first kappa shape index (κ1) is 15.8. The Bertz CT molecular complexity index is 444. The van der Waals surface area contributed by atoms with Gasteiger partial charge in [-0.05, 0) is 43.4 Å². The largest absolute Gasteiger partial charge is 0.393 e. The summed E-state index contributed by atoms with van der Waals surface area (Å²) in [7, 11) is -3.08. The van der Waals surface area contributed by atoms with Crippen LogP contribution in [0.4, 0.5) is 0 Å². The van der Waals surface area contributed by atoms with E-state index in [9.17, 15) is 13.5 Å². The van der Waals surface area contributed by atoms with Gasteiger partial charge in [0, 0.05) is 13.1 Å². The third-order valence-corrected chi connectivity index (χ3v) is 7.73. The summed E-state index contributed by atoms with van der Waals surface area (Å²) < 4.78 is 26.9. The minimum atomic E-state index is -3.08. The number of fused-ring (bicyclic) bond motifs is 1. The molecule has 0 radical (unpaired) electrons. The van der Waals surface area contributed by atoms with Gasteiger partial charge in [0.1, 0.15) is 0 Å². The summed E-state index contributed by atoms with van der Waals surface area (Å²) in [6.45, 7) is 1.35. The lowest BCUT2D eigenvalue weighted by Crippen LogP contribution is -2.32. The van der Waals surface area contributed by atoms with Gasteiger partial charge < -0.3 is 5.11 Å². The Kier molecular flexibility index (Phi) is 4.91. The van der Waals surface area contributed by atoms with Crippen molar-refractivity contribution in [2.24, 2.45) is 17.8 Å². The Labute approximate surface area is 129 Å². The first-order valence-electron chi connectivity index (χ1n) is 8.70. The molecule has 2 saturated carbocycles. The SMILES string of the molecule is O=S(=O)(CCC1CCCCC1)N1CC2CCC(O)CC2C1. The molecule has 3 rings (SSSR count). The van der Waals surface area contributed by atoms with Gasteiger partial charge in [0.25, 0.3) is 0 Å². The van der Waals surface area contributed by atoms with Crippen LogP contribution in [0.3, 0.4) is 0 Å². The maximum Gasteiger partial charge on any atom is 0.214 e. The Morgan fingerprint density at radius 3 is 2.43 bits per heavy atom. The fraction of sp³-hybridized carbons (Fsp3) is 1.00. The molecule has 0 aromatic carbocycles. The molecule has 1 saturated heterocycles. The molecule has 0 amide bonds. The van der Waals surface area contributed by atoms with E-state index in [1.807, 2.05) is 0 Å². The summed E-state index contributed by atoms with van der Waals surface area (Å²) in [5, 5.41) is 9.75. The van der Waals surface area contributed by atoms with Crippen molar-refractivity contribution in [2.75, 3.05) is 18.8 Å². The summed E-state index contributed by atoms with van der Waals surface area (Å²) >= 11 is 0. The number of sulfonamides is 1. The third kappa shape index (κ3) is 3.80. The summed E-state index contributed by atoms with van der Waals surface area (Å²) in [6.07, 6.45) is 9.55. The fourth-order valence-corrected chi connectivity index (χ4v) is 6.24. The number of aliphatic hydroxyl groups is 1. The molecule has 0 spiro atoms. The quantitative estimate of drug-likeness (QED) is 0.866. The molecule has 5 heteroatoms. The number of aliphatic hydroxyl groups excluding tert-OH is 1. The van der Waals surface area contributed by atoms with E-state index in [1.165, 1.54) is 32.1 Å². The van der Waals surface area contributed by atoms with Gasteiger partial charge in [-0.1, -0.05) is 32.1 Å². The molecule has 21 heavy (non-hydrogen) atoms. The van der Waals surface area contributed by atoms with Gasteiger partial charge in [0.15, 0.2) is 0 Å². The number of hydrogen-bond donors (Lipinski definition) is 1. The monoisotopic (exact) mass is 315 g/mol. The Balaban J connectivity index is 1.53. The minimum absolute atomic E-state index is 0.212. The maximum atomic E-state index is 12.6. The van der Waals surface area contributed by atoms with E-state index in [-0.39, 0.29) is 6.10 Å². The van der Waals surface area contributed by atoms with Gasteiger partial charge in [-0.15, -0.1) is 0 Å². The van der Waals surface area contributed by atoms with Crippen molar-refractivity contribution in [3.63, 3.8) is 0 Å². The lowest BCUT2D eigenvalue weighted by atomic mass is 9.80. The van der Waals surface area contributed by atoms with Crippen molar-refractivity contribution in [3.05, 3.63) is 0 Å². The molecule has 3 unspecified atom stereocenters. The van der Waals surface area contributed by atoms with E-state index in [2.05, 4.69) is 0 Å². The highest BCUT2D eigenvalue weighted by Gasteiger charge is 2.41. The minimum Gasteiger partial charge on any atom is -0.393 e. The Morgan fingerprint density at radius 2 is 1.67 bits per heavy atom. The first-order chi connectivity index (χ1) is 10.0. The zero-order chi connectivity index (χ0) is 14.9. The van der Waals surface area contributed by atoms with Gasteiger partial charge in [0.2, 0.25) is 10.0 Å². The highest BCUT2D eigenvalue weighted by molar-refractivity contribution is 7.89. The maximum absolute atomic E-state index is 12.6. The highest BCUT2D eigenvalue weighted by Crippen LogP contribution is 2.37. The topological polar surface area (TPSA) is 57.6 Å². The van der Waals surface area contributed by atoms with Gasteiger partial charge >= 0.3 is 0 Å². The van der Waals surface area contributed by atoms with Crippen LogP contribution in [0.5, 0.6) is 0 Å². The van der Waals surface area contributed by atoms with Gasteiger partial charge in [-0.2, -0.15) is 0 Å². The van der Waals surface area contributed by atoms with Crippen LogP contribution in [0.25, 0.3) is 0 Å². The van der Waals surface area contributed by atoms with E-state index >= 15 is 0 Å². The van der Waals surface area contributed by atoms with Crippen LogP contribution in [-0.4, -0.2) is 42.8 Å². The third-order valence-electron chi connectivity index (χ3n) is 5.89. The predicted octanol–water partition coefficient (Wildman–Crippen LogP) is 2.38. The summed E-state index contributed by atoms with van der Waals surface area (Å²) in [5.41, 5.74) is 0. The molecule has 2 aliphatic carbocycles. The van der Waals surface area contributed by atoms with Crippen molar-refractivity contribution in [1.29, 1.82) is 0 Å². The summed E-state index contributed by atoms with van der Waals surface area (Å²) in [6, 6.07) is 0. The van der Waals surface area contributed by atoms with E-state index < -0.39 is 10.0 Å². The lowest BCUT2D eigenvalue weighted by molar-refractivity contribution is 0.0866. The average Bonchev–Trinajstić information content (AvgIpc) is 2.90. The number of rotatable bonds is 4. The van der Waals surface area contributed by atoms with E-state index in [4.69, 9.17) is 0 Å². The van der Waals surface area contributed by atoms with Crippen molar-refractivity contribution in [3.8, 4) is 0 Å². The Hall–Kier alpha value is -0.130. The summed E-state index contributed by atoms with van der Waals surface area (Å²) in [4.78, 5) is 0. The zero-order valence-corrected chi connectivity index (χ0v) is 13.7. The molecular formula is C16H29NO3S. The number of hydrogen-bond acceptors (Lipinski definition) is 3. The second-order valence-electron chi connectivity index (χ2n) is 7.41. The Morgan fingerprint density at radius 1 is 0.952 bits per heavy atom. The van der Waals surface area contributed by atoms with Gasteiger partial charge in [-0.3, -0.25) is 0 Å². The second-order valence-corrected chi connectivity index (χ2v) is 9.50. The van der Waals surface area contributed by atoms with Gasteiger partial charge in [-0.25, -0.2) is 12.7 Å². The van der Waals surface area contributed by atoms with Crippen LogP contribution in [0.2, 0.25) is 0 Å². The summed E-state index contributed by atoms with van der Waals surface area (Å²) in [5.74, 6) is 1.83. The molecule has 3 aliphatic rings. The number of nitrogens with zero attached hydrogens (tertiary/aromatic N) is 1. The standard InChI is InChI=1S/C16H29NO3S/c18-16-7-6-14-11-17(12-15(14)10-16)21(19,20)9-8-13-4-2-1-3-5-13/h13-16,18H,1-12H2. The van der Waals surface area contributed by atoms with Crippen molar-refractivity contribution in [2.45, 2.75) is 63.9 Å². The second kappa shape index (κ2) is 6.55. The van der Waals surface area contributed by atoms with E-state index in [0.29, 0.717) is 36.6 Å². The molecule has 1 aliphatic heterocycles. The molecule has 3 atom stereocenters. The molecule has 0 bridgehead atoms. The van der Waals surface area contributed by atoms with Crippen LogP contribution >= 0.6 is 0 Å². The van der Waals surface area contributed by atoms with Crippen LogP contribution in [0, 0.1) is 17.8 Å². The van der Waals surface area contributed by atoms with Crippen molar-refractivity contribution >= 4 is 10.0 Å². The predicted molar refractivity (Wildman–Crippen MR) is 83.4 cm³/mol. The van der Waals surface area contributed by atoms with E-state index in [1.54, 1.807) is 4.31 Å². The normalized spacial score (nSPS) is 35.8. The zero-order valence-electron chi connectivity index (χ0n) is 12.9. The molecule has 4 nitrogen and oxygen atoms in total. The molecule has 122 valence electrons. The van der Waals surface area contributed by atoms with Crippen LogP contribution < -0.4 is 0 Å². The van der Waals surface area contributed by atoms with Gasteiger partial charge in [0.05, 0.1) is 11.9 Å². The van der Waals surface area contributed by atoms with Crippen LogP contribution in [0.1, 0.15) is 57.8 Å².